The number of furan rings is 2. The molecule has 0 fully saturated rings. The average molecular weight is 628 g/mol. The lowest BCUT2D eigenvalue weighted by atomic mass is 9.97. The van der Waals surface area contributed by atoms with Crippen LogP contribution in [0.1, 0.15) is 0 Å². The van der Waals surface area contributed by atoms with Crippen LogP contribution in [-0.4, -0.2) is 0 Å². The van der Waals surface area contributed by atoms with Gasteiger partial charge in [0.1, 0.15) is 16.7 Å². The second-order valence-corrected chi connectivity index (χ2v) is 12.5. The van der Waals surface area contributed by atoms with Crippen LogP contribution in [0.5, 0.6) is 0 Å². The Labute approximate surface area is 282 Å². The van der Waals surface area contributed by atoms with Gasteiger partial charge in [-0.25, -0.2) is 0 Å². The van der Waals surface area contributed by atoms with E-state index in [1.165, 1.54) is 16.5 Å². The summed E-state index contributed by atoms with van der Waals surface area (Å²) in [4.78, 5) is 2.38. The van der Waals surface area contributed by atoms with Gasteiger partial charge in [-0.15, -0.1) is 0 Å². The first kappa shape index (κ1) is 27.5. The van der Waals surface area contributed by atoms with Gasteiger partial charge in [-0.2, -0.15) is 0 Å². The molecule has 0 aliphatic heterocycles. The van der Waals surface area contributed by atoms with Crippen LogP contribution in [0, 0.1) is 0 Å². The maximum atomic E-state index is 6.84. The fourth-order valence-corrected chi connectivity index (χ4v) is 7.36. The molecule has 0 saturated heterocycles. The molecule has 0 radical (unpaired) electrons. The first-order chi connectivity index (χ1) is 24.3. The third-order valence-electron chi connectivity index (χ3n) is 9.64. The van der Waals surface area contributed by atoms with E-state index in [9.17, 15) is 0 Å². The highest BCUT2D eigenvalue weighted by molar-refractivity contribution is 6.18. The Balaban J connectivity index is 1.31. The van der Waals surface area contributed by atoms with Gasteiger partial charge in [0.2, 0.25) is 0 Å². The van der Waals surface area contributed by atoms with Gasteiger partial charge in [0.15, 0.2) is 5.58 Å². The monoisotopic (exact) mass is 627 g/mol. The maximum absolute atomic E-state index is 6.84. The highest BCUT2D eigenvalue weighted by Crippen LogP contribution is 2.50. The molecule has 0 aliphatic carbocycles. The second kappa shape index (κ2) is 11.0. The summed E-state index contributed by atoms with van der Waals surface area (Å²) in [5.74, 6) is 0. The number of rotatable bonds is 5. The van der Waals surface area contributed by atoms with E-state index in [4.69, 9.17) is 8.83 Å². The van der Waals surface area contributed by atoms with E-state index in [2.05, 4.69) is 163 Å². The van der Waals surface area contributed by atoms with E-state index >= 15 is 0 Å². The quantitative estimate of drug-likeness (QED) is 0.190. The highest BCUT2D eigenvalue weighted by Gasteiger charge is 2.26. The molecule has 10 rings (SSSR count). The van der Waals surface area contributed by atoms with E-state index in [1.54, 1.807) is 0 Å². The van der Waals surface area contributed by atoms with Crippen molar-refractivity contribution in [2.45, 2.75) is 0 Å². The molecule has 0 atom stereocenters. The Morgan fingerprint density at radius 2 is 1.04 bits per heavy atom. The van der Waals surface area contributed by atoms with E-state index < -0.39 is 0 Å². The minimum Gasteiger partial charge on any atom is -0.456 e. The number of fused-ring (bicyclic) bond motifs is 7. The summed E-state index contributed by atoms with van der Waals surface area (Å²) in [6, 6.07) is 62.0. The molecule has 2 aromatic heterocycles. The zero-order valence-corrected chi connectivity index (χ0v) is 26.5. The van der Waals surface area contributed by atoms with Gasteiger partial charge < -0.3 is 13.7 Å². The molecule has 0 saturated carbocycles. The predicted molar refractivity (Wildman–Crippen MR) is 204 cm³/mol. The lowest BCUT2D eigenvalue weighted by molar-refractivity contribution is 0.668. The fraction of sp³-hybridized carbons (Fsp3) is 0. The van der Waals surface area contributed by atoms with Crippen LogP contribution in [0.25, 0.3) is 76.9 Å². The van der Waals surface area contributed by atoms with Gasteiger partial charge >= 0.3 is 0 Å². The van der Waals surface area contributed by atoms with Gasteiger partial charge in [-0.05, 0) is 76.0 Å². The van der Waals surface area contributed by atoms with Crippen LogP contribution < -0.4 is 4.90 Å². The number of hydrogen-bond donors (Lipinski definition) is 0. The smallest absolute Gasteiger partial charge is 0.160 e. The molecule has 10 aromatic rings. The summed E-state index contributed by atoms with van der Waals surface area (Å²) < 4.78 is 13.3. The SMILES string of the molecule is c1ccc(-c2ccc3cc(N(c4c(-c5ccccc5)ccc5c4oc4ccccc45)c4cccc5oc6ccccc6c45)ccc3c2)cc1. The van der Waals surface area contributed by atoms with E-state index in [1.807, 2.05) is 18.2 Å². The summed E-state index contributed by atoms with van der Waals surface area (Å²) >= 11 is 0. The summed E-state index contributed by atoms with van der Waals surface area (Å²) in [5, 5.41) is 6.64. The zero-order valence-electron chi connectivity index (χ0n) is 26.5. The second-order valence-electron chi connectivity index (χ2n) is 12.5. The van der Waals surface area contributed by atoms with Crippen molar-refractivity contribution in [1.82, 2.24) is 0 Å². The lowest BCUT2D eigenvalue weighted by Gasteiger charge is -2.29. The Hall–Kier alpha value is -6.58. The van der Waals surface area contributed by atoms with Crippen molar-refractivity contribution in [2.75, 3.05) is 4.90 Å². The third kappa shape index (κ3) is 4.44. The third-order valence-corrected chi connectivity index (χ3v) is 9.64. The molecule has 3 heteroatoms. The Morgan fingerprint density at radius 1 is 0.388 bits per heavy atom. The molecular weight excluding hydrogens is 599 g/mol. The number of benzene rings is 8. The van der Waals surface area contributed by atoms with E-state index in [0.717, 1.165) is 77.5 Å². The first-order valence-corrected chi connectivity index (χ1v) is 16.6. The van der Waals surface area contributed by atoms with Crippen molar-refractivity contribution in [3.05, 3.63) is 176 Å². The first-order valence-electron chi connectivity index (χ1n) is 16.6. The molecule has 0 unspecified atom stereocenters. The molecule has 2 heterocycles. The van der Waals surface area contributed by atoms with E-state index in [-0.39, 0.29) is 0 Å². The summed E-state index contributed by atoms with van der Waals surface area (Å²) in [5.41, 5.74) is 11.0. The summed E-state index contributed by atoms with van der Waals surface area (Å²) in [6.45, 7) is 0. The average Bonchev–Trinajstić information content (AvgIpc) is 3.75. The number of para-hydroxylation sites is 2. The van der Waals surface area contributed by atoms with Crippen LogP contribution in [0.15, 0.2) is 185 Å². The lowest BCUT2D eigenvalue weighted by Crippen LogP contribution is -2.12. The van der Waals surface area contributed by atoms with Crippen molar-refractivity contribution < 1.29 is 8.83 Å². The summed E-state index contributed by atoms with van der Waals surface area (Å²) in [6.07, 6.45) is 0. The molecular formula is C46H29NO2. The van der Waals surface area contributed by atoms with Crippen LogP contribution in [-0.2, 0) is 0 Å². The Bertz CT molecular complexity index is 2830. The van der Waals surface area contributed by atoms with Crippen molar-refractivity contribution in [1.29, 1.82) is 0 Å². The largest absolute Gasteiger partial charge is 0.456 e. The molecule has 8 aromatic carbocycles. The number of nitrogens with zero attached hydrogens (tertiary/aromatic N) is 1. The van der Waals surface area contributed by atoms with Crippen molar-refractivity contribution in [3.63, 3.8) is 0 Å². The zero-order chi connectivity index (χ0) is 32.3. The molecule has 49 heavy (non-hydrogen) atoms. The minimum atomic E-state index is 0.840. The number of hydrogen-bond acceptors (Lipinski definition) is 3. The molecule has 0 aliphatic rings. The van der Waals surface area contributed by atoms with Crippen LogP contribution in [0.4, 0.5) is 17.1 Å². The van der Waals surface area contributed by atoms with Gasteiger partial charge in [-0.3, -0.25) is 0 Å². The van der Waals surface area contributed by atoms with Crippen LogP contribution >= 0.6 is 0 Å². The van der Waals surface area contributed by atoms with Crippen molar-refractivity contribution >= 4 is 71.7 Å². The van der Waals surface area contributed by atoms with Crippen LogP contribution in [0.3, 0.4) is 0 Å². The normalized spacial score (nSPS) is 11.7. The fourth-order valence-electron chi connectivity index (χ4n) is 7.36. The Morgan fingerprint density at radius 3 is 1.86 bits per heavy atom. The minimum absolute atomic E-state index is 0.840. The topological polar surface area (TPSA) is 29.5 Å². The van der Waals surface area contributed by atoms with Gasteiger partial charge in [0.25, 0.3) is 0 Å². The molecule has 0 amide bonds. The highest BCUT2D eigenvalue weighted by atomic mass is 16.3. The molecule has 3 nitrogen and oxygen atoms in total. The standard InChI is InChI=1S/C46H29NO2/c1-3-12-30(13-4-1)32-22-23-34-29-35(25-24-33(34)28-32)47(40-18-11-21-43-44(40)39-17-8-10-20-42(39)48-43)45-36(31-14-5-2-6-15-31)26-27-38-37-16-7-9-19-41(37)49-46(38)45/h1-29H. The van der Waals surface area contributed by atoms with Gasteiger partial charge in [0, 0.05) is 27.4 Å². The van der Waals surface area contributed by atoms with Crippen LogP contribution in [0.2, 0.25) is 0 Å². The predicted octanol–water partition coefficient (Wildman–Crippen LogP) is 13.4. The van der Waals surface area contributed by atoms with Gasteiger partial charge in [0.05, 0.1) is 16.8 Å². The molecule has 0 N–H and O–H groups in total. The number of anilines is 3. The Kier molecular flexibility index (Phi) is 6.18. The van der Waals surface area contributed by atoms with E-state index in [0.29, 0.717) is 0 Å². The van der Waals surface area contributed by atoms with Crippen molar-refractivity contribution in [2.24, 2.45) is 0 Å². The van der Waals surface area contributed by atoms with Crippen molar-refractivity contribution in [3.8, 4) is 22.3 Å². The molecule has 0 bridgehead atoms. The maximum Gasteiger partial charge on any atom is 0.160 e. The molecule has 230 valence electrons. The van der Waals surface area contributed by atoms with Gasteiger partial charge in [-0.1, -0.05) is 127 Å². The summed E-state index contributed by atoms with van der Waals surface area (Å²) in [7, 11) is 0. The molecule has 0 spiro atoms.